The zero-order chi connectivity index (χ0) is 14.5. The normalized spacial score (nSPS) is 13.7. The standard InChI is InChI=1S/C14H23NO3S/c1-11(2)12(3)18-7-8-19(16,17)14-6-4-5-13(9-14)10-15/h4-6,9,11-12H,7-8,10,15H2,1-3H3. The summed E-state index contributed by atoms with van der Waals surface area (Å²) in [5, 5.41) is 0. The lowest BCUT2D eigenvalue weighted by atomic mass is 10.1. The van der Waals surface area contributed by atoms with Crippen LogP contribution >= 0.6 is 0 Å². The van der Waals surface area contributed by atoms with Gasteiger partial charge in [-0.25, -0.2) is 8.42 Å². The van der Waals surface area contributed by atoms with Crippen molar-refractivity contribution in [3.63, 3.8) is 0 Å². The Labute approximate surface area is 115 Å². The van der Waals surface area contributed by atoms with Crippen LogP contribution in [0.4, 0.5) is 0 Å². The fraction of sp³-hybridized carbons (Fsp3) is 0.571. The Hall–Kier alpha value is -0.910. The monoisotopic (exact) mass is 285 g/mol. The molecule has 108 valence electrons. The Kier molecular flexibility index (Phi) is 5.97. The van der Waals surface area contributed by atoms with Gasteiger partial charge in [-0.3, -0.25) is 0 Å². The summed E-state index contributed by atoms with van der Waals surface area (Å²) in [6.07, 6.45) is 0.0607. The molecule has 1 unspecified atom stereocenters. The molecule has 0 fully saturated rings. The molecule has 0 radical (unpaired) electrons. The maximum Gasteiger partial charge on any atom is 0.180 e. The van der Waals surface area contributed by atoms with Gasteiger partial charge in [0.05, 0.1) is 23.4 Å². The number of hydrogen-bond acceptors (Lipinski definition) is 4. The van der Waals surface area contributed by atoms with E-state index in [-0.39, 0.29) is 18.5 Å². The molecular weight excluding hydrogens is 262 g/mol. The fourth-order valence-electron chi connectivity index (χ4n) is 1.52. The van der Waals surface area contributed by atoms with Gasteiger partial charge in [0, 0.05) is 6.54 Å². The average molecular weight is 285 g/mol. The molecule has 0 aliphatic heterocycles. The van der Waals surface area contributed by atoms with Crippen molar-refractivity contribution >= 4 is 9.84 Å². The van der Waals surface area contributed by atoms with Gasteiger partial charge in [-0.05, 0) is 30.5 Å². The van der Waals surface area contributed by atoms with Crippen molar-refractivity contribution < 1.29 is 13.2 Å². The molecule has 0 saturated heterocycles. The molecule has 0 aliphatic rings. The van der Waals surface area contributed by atoms with Gasteiger partial charge in [0.25, 0.3) is 0 Å². The maximum absolute atomic E-state index is 12.1. The predicted molar refractivity (Wildman–Crippen MR) is 76.6 cm³/mol. The highest BCUT2D eigenvalue weighted by Gasteiger charge is 2.16. The van der Waals surface area contributed by atoms with Crippen molar-refractivity contribution in [3.8, 4) is 0 Å². The van der Waals surface area contributed by atoms with Crippen LogP contribution in [0.5, 0.6) is 0 Å². The first-order valence-corrected chi connectivity index (χ1v) is 8.15. The van der Waals surface area contributed by atoms with E-state index in [0.717, 1.165) is 5.56 Å². The molecular formula is C14H23NO3S. The molecule has 0 heterocycles. The highest BCUT2D eigenvalue weighted by atomic mass is 32.2. The Morgan fingerprint density at radius 1 is 1.26 bits per heavy atom. The molecule has 0 saturated carbocycles. The Balaban J connectivity index is 2.65. The number of benzene rings is 1. The minimum Gasteiger partial charge on any atom is -0.377 e. The second-order valence-electron chi connectivity index (χ2n) is 4.99. The summed E-state index contributed by atoms with van der Waals surface area (Å²) in [6, 6.07) is 6.75. The van der Waals surface area contributed by atoms with Crippen molar-refractivity contribution in [2.24, 2.45) is 11.7 Å². The highest BCUT2D eigenvalue weighted by Crippen LogP contribution is 2.14. The molecule has 0 spiro atoms. The van der Waals surface area contributed by atoms with Crippen LogP contribution in [0.3, 0.4) is 0 Å². The molecule has 4 nitrogen and oxygen atoms in total. The molecule has 19 heavy (non-hydrogen) atoms. The van der Waals surface area contributed by atoms with Crippen LogP contribution in [0.2, 0.25) is 0 Å². The van der Waals surface area contributed by atoms with Crippen molar-refractivity contribution in [3.05, 3.63) is 29.8 Å². The number of nitrogens with two attached hydrogens (primary N) is 1. The molecule has 1 aromatic rings. The van der Waals surface area contributed by atoms with Gasteiger partial charge >= 0.3 is 0 Å². The van der Waals surface area contributed by atoms with Crippen LogP contribution in [0.25, 0.3) is 0 Å². The number of hydrogen-bond donors (Lipinski definition) is 1. The van der Waals surface area contributed by atoms with E-state index < -0.39 is 9.84 Å². The largest absolute Gasteiger partial charge is 0.377 e. The van der Waals surface area contributed by atoms with Gasteiger partial charge in [-0.15, -0.1) is 0 Å². The Morgan fingerprint density at radius 2 is 1.95 bits per heavy atom. The smallest absolute Gasteiger partial charge is 0.180 e. The van der Waals surface area contributed by atoms with E-state index in [1.54, 1.807) is 18.2 Å². The summed E-state index contributed by atoms with van der Waals surface area (Å²) in [5.74, 6) is 0.376. The van der Waals surface area contributed by atoms with Crippen LogP contribution < -0.4 is 5.73 Å². The number of sulfone groups is 1. The van der Waals surface area contributed by atoms with E-state index in [4.69, 9.17) is 10.5 Å². The van der Waals surface area contributed by atoms with E-state index in [0.29, 0.717) is 17.4 Å². The molecule has 0 aromatic heterocycles. The van der Waals surface area contributed by atoms with E-state index in [1.165, 1.54) is 0 Å². The van der Waals surface area contributed by atoms with E-state index in [9.17, 15) is 8.42 Å². The van der Waals surface area contributed by atoms with Crippen LogP contribution in [-0.4, -0.2) is 26.9 Å². The third-order valence-corrected chi connectivity index (χ3v) is 4.84. The summed E-state index contributed by atoms with van der Waals surface area (Å²) < 4.78 is 29.8. The summed E-state index contributed by atoms with van der Waals surface area (Å²) in [4.78, 5) is 0.316. The van der Waals surface area contributed by atoms with Gasteiger partial charge in [0.15, 0.2) is 9.84 Å². The van der Waals surface area contributed by atoms with Crippen molar-refractivity contribution in [2.75, 3.05) is 12.4 Å². The van der Waals surface area contributed by atoms with Crippen molar-refractivity contribution in [2.45, 2.75) is 38.3 Å². The van der Waals surface area contributed by atoms with Gasteiger partial charge in [0.2, 0.25) is 0 Å². The molecule has 0 bridgehead atoms. The molecule has 0 aliphatic carbocycles. The van der Waals surface area contributed by atoms with Crippen LogP contribution in [-0.2, 0) is 21.1 Å². The first kappa shape index (κ1) is 16.1. The predicted octanol–water partition coefficient (Wildman–Crippen LogP) is 1.98. The third-order valence-electron chi connectivity index (χ3n) is 3.16. The summed E-state index contributed by atoms with van der Waals surface area (Å²) >= 11 is 0. The second kappa shape index (κ2) is 7.03. The molecule has 2 N–H and O–H groups in total. The zero-order valence-electron chi connectivity index (χ0n) is 11.8. The number of rotatable bonds is 7. The molecule has 1 aromatic carbocycles. The fourth-order valence-corrected chi connectivity index (χ4v) is 2.69. The molecule has 1 atom stereocenters. The molecule has 0 amide bonds. The third kappa shape index (κ3) is 4.93. The van der Waals surface area contributed by atoms with Crippen LogP contribution in [0.15, 0.2) is 29.2 Å². The van der Waals surface area contributed by atoms with Crippen molar-refractivity contribution in [1.82, 2.24) is 0 Å². The Morgan fingerprint density at radius 3 is 2.53 bits per heavy atom. The molecule has 5 heteroatoms. The van der Waals surface area contributed by atoms with Crippen LogP contribution in [0.1, 0.15) is 26.3 Å². The lowest BCUT2D eigenvalue weighted by Crippen LogP contribution is -2.20. The van der Waals surface area contributed by atoms with E-state index >= 15 is 0 Å². The lowest BCUT2D eigenvalue weighted by molar-refractivity contribution is 0.0455. The first-order valence-electron chi connectivity index (χ1n) is 6.50. The summed E-state index contributed by atoms with van der Waals surface area (Å²) in [5.41, 5.74) is 6.33. The minimum absolute atomic E-state index is 0.00190. The zero-order valence-corrected chi connectivity index (χ0v) is 12.6. The van der Waals surface area contributed by atoms with E-state index in [2.05, 4.69) is 0 Å². The van der Waals surface area contributed by atoms with E-state index in [1.807, 2.05) is 26.8 Å². The topological polar surface area (TPSA) is 69.4 Å². The first-order chi connectivity index (χ1) is 8.86. The summed E-state index contributed by atoms with van der Waals surface area (Å²) in [6.45, 7) is 6.60. The number of ether oxygens (including phenoxy) is 1. The van der Waals surface area contributed by atoms with Gasteiger partial charge in [-0.1, -0.05) is 26.0 Å². The molecule has 1 rings (SSSR count). The van der Waals surface area contributed by atoms with Crippen molar-refractivity contribution in [1.29, 1.82) is 0 Å². The Bertz CT molecular complexity index is 497. The summed E-state index contributed by atoms with van der Waals surface area (Å²) in [7, 11) is -3.29. The van der Waals surface area contributed by atoms with Gasteiger partial charge in [-0.2, -0.15) is 0 Å². The minimum atomic E-state index is -3.29. The van der Waals surface area contributed by atoms with Gasteiger partial charge in [0.1, 0.15) is 0 Å². The second-order valence-corrected chi connectivity index (χ2v) is 7.10. The van der Waals surface area contributed by atoms with Crippen LogP contribution in [0, 0.1) is 5.92 Å². The quantitative estimate of drug-likeness (QED) is 0.831. The van der Waals surface area contributed by atoms with Gasteiger partial charge < -0.3 is 10.5 Å². The SMILES string of the molecule is CC(C)C(C)OCCS(=O)(=O)c1cccc(CN)c1. The average Bonchev–Trinajstić information content (AvgIpc) is 2.38. The highest BCUT2D eigenvalue weighted by molar-refractivity contribution is 7.91. The lowest BCUT2D eigenvalue weighted by Gasteiger charge is -2.16. The maximum atomic E-state index is 12.1.